The van der Waals surface area contributed by atoms with Gasteiger partial charge in [0.15, 0.2) is 11.5 Å². The number of benzene rings is 2. The average Bonchev–Trinajstić information content (AvgIpc) is 2.54. The molecule has 1 unspecified atom stereocenters. The number of rotatable bonds is 7. The first-order valence-electron chi connectivity index (χ1n) is 8.10. The number of ether oxygens (including phenoxy) is 2. The summed E-state index contributed by atoms with van der Waals surface area (Å²) in [6.45, 7) is 4.23. The maximum Gasteiger partial charge on any atom is 0.160 e. The van der Waals surface area contributed by atoms with Gasteiger partial charge in [0.1, 0.15) is 6.23 Å². The molecule has 0 spiro atoms. The first kappa shape index (κ1) is 18.3. The lowest BCUT2D eigenvalue weighted by molar-refractivity contribution is 0.140. The van der Waals surface area contributed by atoms with Crippen LogP contribution >= 0.6 is 0 Å². The monoisotopic (exact) mass is 329 g/mol. The van der Waals surface area contributed by atoms with E-state index in [1.54, 1.807) is 14.2 Å². The van der Waals surface area contributed by atoms with Crippen LogP contribution in [0.3, 0.4) is 0 Å². The van der Waals surface area contributed by atoms with Gasteiger partial charge in [-0.05, 0) is 48.6 Å². The molecule has 0 heterocycles. The Morgan fingerprint density at radius 1 is 1.08 bits per heavy atom. The Kier molecular flexibility index (Phi) is 5.86. The molecule has 0 aliphatic heterocycles. The summed E-state index contributed by atoms with van der Waals surface area (Å²) in [5, 5.41) is 9.83. The molecule has 130 valence electrons. The van der Waals surface area contributed by atoms with Crippen LogP contribution < -0.4 is 15.2 Å². The van der Waals surface area contributed by atoms with Crippen molar-refractivity contribution in [2.45, 2.75) is 38.3 Å². The summed E-state index contributed by atoms with van der Waals surface area (Å²) in [5.41, 5.74) is 8.96. The predicted molar refractivity (Wildman–Crippen MR) is 96.6 cm³/mol. The lowest BCUT2D eigenvalue weighted by atomic mass is 9.73. The highest BCUT2D eigenvalue weighted by Gasteiger charge is 2.30. The SMILES string of the molecule is COc1ccc(CC(C)(C[C@H](N)O)c2ccccc2C)cc1OC. The van der Waals surface area contributed by atoms with Gasteiger partial charge >= 0.3 is 0 Å². The lowest BCUT2D eigenvalue weighted by Crippen LogP contribution is -2.35. The summed E-state index contributed by atoms with van der Waals surface area (Å²) in [7, 11) is 3.26. The van der Waals surface area contributed by atoms with Crippen molar-refractivity contribution in [2.75, 3.05) is 14.2 Å². The summed E-state index contributed by atoms with van der Waals surface area (Å²) >= 11 is 0. The van der Waals surface area contributed by atoms with E-state index in [9.17, 15) is 5.11 Å². The number of aliphatic hydroxyl groups excluding tert-OH is 1. The normalized spacial score (nSPS) is 14.8. The van der Waals surface area contributed by atoms with E-state index in [2.05, 4.69) is 26.0 Å². The first-order chi connectivity index (χ1) is 11.4. The third kappa shape index (κ3) is 4.08. The van der Waals surface area contributed by atoms with Gasteiger partial charge in [-0.2, -0.15) is 0 Å². The van der Waals surface area contributed by atoms with E-state index in [-0.39, 0.29) is 5.41 Å². The van der Waals surface area contributed by atoms with Gasteiger partial charge in [0.05, 0.1) is 14.2 Å². The standard InChI is InChI=1S/C20H27NO3/c1-14-7-5-6-8-16(14)20(2,13-19(21)22)12-15-9-10-17(23-3)18(11-15)24-4/h5-11,19,22H,12-13,21H2,1-4H3/t19-,20?/m1/s1. The molecule has 0 aliphatic rings. The Morgan fingerprint density at radius 2 is 1.75 bits per heavy atom. The summed E-state index contributed by atoms with van der Waals surface area (Å²) in [6, 6.07) is 14.2. The van der Waals surface area contributed by atoms with Crippen LogP contribution in [0.15, 0.2) is 42.5 Å². The number of hydrogen-bond donors (Lipinski definition) is 2. The molecule has 2 rings (SSSR count). The zero-order valence-electron chi connectivity index (χ0n) is 14.9. The fourth-order valence-electron chi connectivity index (χ4n) is 3.43. The molecule has 0 saturated heterocycles. The molecule has 24 heavy (non-hydrogen) atoms. The highest BCUT2D eigenvalue weighted by atomic mass is 16.5. The first-order valence-corrected chi connectivity index (χ1v) is 8.10. The van der Waals surface area contributed by atoms with Gasteiger partial charge in [0.2, 0.25) is 0 Å². The minimum absolute atomic E-state index is 0.279. The van der Waals surface area contributed by atoms with Crippen molar-refractivity contribution in [3.63, 3.8) is 0 Å². The van der Waals surface area contributed by atoms with Crippen LogP contribution in [-0.2, 0) is 11.8 Å². The average molecular weight is 329 g/mol. The Bertz CT molecular complexity index is 684. The zero-order chi connectivity index (χ0) is 17.7. The molecule has 2 atom stereocenters. The van der Waals surface area contributed by atoms with Gasteiger partial charge in [-0.1, -0.05) is 37.3 Å². The van der Waals surface area contributed by atoms with Crippen LogP contribution in [0.2, 0.25) is 0 Å². The van der Waals surface area contributed by atoms with Gasteiger partial charge in [-0.25, -0.2) is 0 Å². The predicted octanol–water partition coefficient (Wildman–Crippen LogP) is 3.18. The summed E-state index contributed by atoms with van der Waals surface area (Å²) in [5.74, 6) is 1.41. The minimum Gasteiger partial charge on any atom is -0.493 e. The molecule has 0 aromatic heterocycles. The quantitative estimate of drug-likeness (QED) is 0.766. The van der Waals surface area contributed by atoms with Gasteiger partial charge in [0.25, 0.3) is 0 Å². The topological polar surface area (TPSA) is 64.7 Å². The fourth-order valence-corrected chi connectivity index (χ4v) is 3.43. The van der Waals surface area contributed by atoms with Crippen LogP contribution in [0.25, 0.3) is 0 Å². The van der Waals surface area contributed by atoms with Crippen molar-refractivity contribution in [1.29, 1.82) is 0 Å². The fraction of sp³-hybridized carbons (Fsp3) is 0.400. The number of aryl methyl sites for hydroxylation is 1. The molecule has 0 radical (unpaired) electrons. The molecule has 0 bridgehead atoms. The van der Waals surface area contributed by atoms with E-state index in [1.807, 2.05) is 30.3 Å². The molecule has 0 saturated carbocycles. The van der Waals surface area contributed by atoms with E-state index in [4.69, 9.17) is 15.2 Å². The van der Waals surface area contributed by atoms with Gasteiger partial charge in [-0.3, -0.25) is 0 Å². The number of hydrogen-bond acceptors (Lipinski definition) is 4. The van der Waals surface area contributed by atoms with Gasteiger partial charge in [-0.15, -0.1) is 0 Å². The molecule has 0 aliphatic carbocycles. The second kappa shape index (κ2) is 7.69. The number of methoxy groups -OCH3 is 2. The van der Waals surface area contributed by atoms with Crippen molar-refractivity contribution in [1.82, 2.24) is 0 Å². The van der Waals surface area contributed by atoms with E-state index in [0.29, 0.717) is 17.9 Å². The maximum atomic E-state index is 9.83. The summed E-state index contributed by atoms with van der Waals surface area (Å²) in [4.78, 5) is 0. The van der Waals surface area contributed by atoms with Crippen LogP contribution in [0.1, 0.15) is 30.0 Å². The molecule has 4 nitrogen and oxygen atoms in total. The van der Waals surface area contributed by atoms with E-state index >= 15 is 0 Å². The highest BCUT2D eigenvalue weighted by molar-refractivity contribution is 5.44. The molecular formula is C20H27NO3. The Balaban J connectivity index is 2.41. The number of nitrogens with two attached hydrogens (primary N) is 1. The van der Waals surface area contributed by atoms with Gasteiger partial charge < -0.3 is 20.3 Å². The third-order valence-corrected chi connectivity index (χ3v) is 4.50. The number of aliphatic hydroxyl groups is 1. The highest BCUT2D eigenvalue weighted by Crippen LogP contribution is 2.36. The van der Waals surface area contributed by atoms with Crippen LogP contribution in [0.4, 0.5) is 0 Å². The van der Waals surface area contributed by atoms with Crippen molar-refractivity contribution in [3.8, 4) is 11.5 Å². The third-order valence-electron chi connectivity index (χ3n) is 4.50. The van der Waals surface area contributed by atoms with E-state index in [0.717, 1.165) is 12.0 Å². The summed E-state index contributed by atoms with van der Waals surface area (Å²) in [6.07, 6.45) is 0.355. The van der Waals surface area contributed by atoms with Crippen molar-refractivity contribution < 1.29 is 14.6 Å². The minimum atomic E-state index is -0.866. The molecule has 0 amide bonds. The van der Waals surface area contributed by atoms with Crippen molar-refractivity contribution in [3.05, 3.63) is 59.2 Å². The molecular weight excluding hydrogens is 302 g/mol. The second-order valence-corrected chi connectivity index (χ2v) is 6.51. The Labute approximate surface area is 144 Å². The molecule has 0 fully saturated rings. The smallest absolute Gasteiger partial charge is 0.160 e. The molecule has 2 aromatic carbocycles. The molecule has 3 N–H and O–H groups in total. The van der Waals surface area contributed by atoms with Crippen LogP contribution in [0, 0.1) is 6.92 Å². The second-order valence-electron chi connectivity index (χ2n) is 6.51. The van der Waals surface area contributed by atoms with Crippen molar-refractivity contribution >= 4 is 0 Å². The Hall–Kier alpha value is -2.04. The van der Waals surface area contributed by atoms with Crippen molar-refractivity contribution in [2.24, 2.45) is 5.73 Å². The maximum absolute atomic E-state index is 9.83. The summed E-state index contributed by atoms with van der Waals surface area (Å²) < 4.78 is 10.7. The molecule has 2 aromatic rings. The zero-order valence-corrected chi connectivity index (χ0v) is 14.9. The lowest BCUT2D eigenvalue weighted by Gasteiger charge is -2.33. The largest absolute Gasteiger partial charge is 0.493 e. The van der Waals surface area contributed by atoms with E-state index in [1.165, 1.54) is 11.1 Å². The molecule has 4 heteroatoms. The Morgan fingerprint density at radius 3 is 2.33 bits per heavy atom. The van der Waals surface area contributed by atoms with Crippen LogP contribution in [-0.4, -0.2) is 25.6 Å². The van der Waals surface area contributed by atoms with Gasteiger partial charge in [0, 0.05) is 5.41 Å². The van der Waals surface area contributed by atoms with Crippen LogP contribution in [0.5, 0.6) is 11.5 Å². The van der Waals surface area contributed by atoms with E-state index < -0.39 is 6.23 Å².